The van der Waals surface area contributed by atoms with Gasteiger partial charge < -0.3 is 9.67 Å². The third-order valence-corrected chi connectivity index (χ3v) is 3.39. The second-order valence-electron chi connectivity index (χ2n) is 4.07. The van der Waals surface area contributed by atoms with Crippen molar-refractivity contribution in [2.24, 2.45) is 0 Å². The molecule has 0 aliphatic rings. The lowest BCUT2D eigenvalue weighted by Crippen LogP contribution is -1.99. The van der Waals surface area contributed by atoms with E-state index in [0.29, 0.717) is 28.2 Å². The predicted octanol–water partition coefficient (Wildman–Crippen LogP) is 3.73. The predicted molar refractivity (Wildman–Crippen MR) is 67.7 cm³/mol. The first kappa shape index (κ1) is 12.4. The maximum Gasteiger partial charge on any atom is 0.147 e. The molecule has 0 bridgehead atoms. The van der Waals surface area contributed by atoms with Crippen molar-refractivity contribution in [3.8, 4) is 0 Å². The van der Waals surface area contributed by atoms with Gasteiger partial charge in [0, 0.05) is 17.5 Å². The fourth-order valence-electron chi connectivity index (χ4n) is 2.08. The monoisotopic (exact) mass is 255 g/mol. The number of aromatic nitrogens is 1. The zero-order chi connectivity index (χ0) is 12.4. The lowest BCUT2D eigenvalue weighted by Gasteiger charge is -2.06. The average molecular weight is 256 g/mol. The van der Waals surface area contributed by atoms with E-state index >= 15 is 0 Å². The van der Waals surface area contributed by atoms with E-state index in [9.17, 15) is 9.50 Å². The molecular weight excluding hydrogens is 241 g/mol. The molecule has 4 heteroatoms. The van der Waals surface area contributed by atoms with Crippen LogP contribution in [0.1, 0.15) is 25.3 Å². The topological polar surface area (TPSA) is 25.2 Å². The molecule has 0 saturated carbocycles. The summed E-state index contributed by atoms with van der Waals surface area (Å²) in [6.07, 6.45) is 1.95. The van der Waals surface area contributed by atoms with E-state index in [1.807, 2.05) is 0 Å². The van der Waals surface area contributed by atoms with E-state index in [-0.39, 0.29) is 12.4 Å². The van der Waals surface area contributed by atoms with Gasteiger partial charge in [-0.2, -0.15) is 0 Å². The van der Waals surface area contributed by atoms with Gasteiger partial charge in [-0.3, -0.25) is 0 Å². The third kappa shape index (κ3) is 2.05. The van der Waals surface area contributed by atoms with Crippen molar-refractivity contribution in [2.75, 3.05) is 0 Å². The van der Waals surface area contributed by atoms with Gasteiger partial charge in [0.15, 0.2) is 0 Å². The van der Waals surface area contributed by atoms with Gasteiger partial charge in [0.25, 0.3) is 0 Å². The number of aliphatic hydroxyl groups excluding tert-OH is 1. The standard InChI is InChI=1S/C13H15ClFNO/c1-2-3-7-16-12-9(5-4-6-11(12)15)10(8-17)13(16)14/h4-6,17H,2-3,7-8H2,1H3. The number of fused-ring (bicyclic) bond motifs is 1. The number of hydrogen-bond acceptors (Lipinski definition) is 1. The second-order valence-corrected chi connectivity index (χ2v) is 4.43. The van der Waals surface area contributed by atoms with Crippen LogP contribution in [-0.2, 0) is 13.2 Å². The van der Waals surface area contributed by atoms with Gasteiger partial charge in [0.05, 0.1) is 12.1 Å². The highest BCUT2D eigenvalue weighted by Gasteiger charge is 2.17. The van der Waals surface area contributed by atoms with Crippen LogP contribution in [0.4, 0.5) is 4.39 Å². The van der Waals surface area contributed by atoms with Crippen LogP contribution in [0, 0.1) is 5.82 Å². The molecule has 0 radical (unpaired) electrons. The fourth-order valence-corrected chi connectivity index (χ4v) is 2.41. The van der Waals surface area contributed by atoms with Crippen LogP contribution in [0.2, 0.25) is 5.15 Å². The Hall–Kier alpha value is -1.06. The van der Waals surface area contributed by atoms with Crippen LogP contribution in [0.5, 0.6) is 0 Å². The summed E-state index contributed by atoms with van der Waals surface area (Å²) in [5.41, 5.74) is 1.10. The SMILES string of the molecule is CCCCn1c(Cl)c(CO)c2cccc(F)c21. The Morgan fingerprint density at radius 1 is 1.41 bits per heavy atom. The molecule has 0 atom stereocenters. The summed E-state index contributed by atoms with van der Waals surface area (Å²) in [6.45, 7) is 2.58. The molecule has 0 aliphatic heterocycles. The van der Waals surface area contributed by atoms with E-state index < -0.39 is 0 Å². The van der Waals surface area contributed by atoms with Gasteiger partial charge >= 0.3 is 0 Å². The second kappa shape index (κ2) is 5.07. The molecule has 0 spiro atoms. The lowest BCUT2D eigenvalue weighted by atomic mass is 10.2. The number of halogens is 2. The molecule has 1 aromatic carbocycles. The molecule has 2 rings (SSSR count). The lowest BCUT2D eigenvalue weighted by molar-refractivity contribution is 0.283. The molecule has 0 aliphatic carbocycles. The summed E-state index contributed by atoms with van der Waals surface area (Å²) < 4.78 is 15.6. The first-order chi connectivity index (χ1) is 8.20. The summed E-state index contributed by atoms with van der Waals surface area (Å²) in [7, 11) is 0. The van der Waals surface area contributed by atoms with E-state index in [1.165, 1.54) is 6.07 Å². The van der Waals surface area contributed by atoms with Crippen LogP contribution < -0.4 is 0 Å². The maximum absolute atomic E-state index is 13.8. The van der Waals surface area contributed by atoms with Gasteiger partial charge in [0.2, 0.25) is 0 Å². The van der Waals surface area contributed by atoms with Gasteiger partial charge in [-0.1, -0.05) is 37.1 Å². The molecule has 0 unspecified atom stereocenters. The Kier molecular flexibility index (Phi) is 3.69. The number of rotatable bonds is 4. The molecule has 2 aromatic rings. The minimum Gasteiger partial charge on any atom is -0.392 e. The van der Waals surface area contributed by atoms with Crippen LogP contribution in [0.25, 0.3) is 10.9 Å². The zero-order valence-corrected chi connectivity index (χ0v) is 10.5. The fraction of sp³-hybridized carbons (Fsp3) is 0.385. The van der Waals surface area contributed by atoms with Gasteiger partial charge in [-0.25, -0.2) is 4.39 Å². The molecule has 1 heterocycles. The van der Waals surface area contributed by atoms with Crippen molar-refractivity contribution >= 4 is 22.5 Å². The Balaban J connectivity index is 2.67. The molecule has 92 valence electrons. The molecule has 0 fully saturated rings. The summed E-state index contributed by atoms with van der Waals surface area (Å²) >= 11 is 6.20. The van der Waals surface area contributed by atoms with Crippen molar-refractivity contribution in [2.45, 2.75) is 32.9 Å². The van der Waals surface area contributed by atoms with Crippen molar-refractivity contribution in [1.29, 1.82) is 0 Å². The highest BCUT2D eigenvalue weighted by Crippen LogP contribution is 2.32. The molecule has 0 saturated heterocycles. The van der Waals surface area contributed by atoms with E-state index in [0.717, 1.165) is 12.8 Å². The van der Waals surface area contributed by atoms with Crippen molar-refractivity contribution < 1.29 is 9.50 Å². The summed E-state index contributed by atoms with van der Waals surface area (Å²) in [5, 5.41) is 10.5. The largest absolute Gasteiger partial charge is 0.392 e. The quantitative estimate of drug-likeness (QED) is 0.885. The van der Waals surface area contributed by atoms with Crippen LogP contribution >= 0.6 is 11.6 Å². The number of aliphatic hydroxyl groups is 1. The molecule has 0 amide bonds. The minimum absolute atomic E-state index is 0.169. The summed E-state index contributed by atoms with van der Waals surface area (Å²) in [5.74, 6) is -0.291. The van der Waals surface area contributed by atoms with Crippen LogP contribution in [0.3, 0.4) is 0 Å². The maximum atomic E-state index is 13.8. The average Bonchev–Trinajstić information content (AvgIpc) is 2.60. The molecule has 1 N–H and O–H groups in total. The van der Waals surface area contributed by atoms with Crippen molar-refractivity contribution in [3.05, 3.63) is 34.7 Å². The number of aryl methyl sites for hydroxylation is 1. The Bertz CT molecular complexity index is 536. The Labute approximate surface area is 105 Å². The number of para-hydroxylation sites is 1. The van der Waals surface area contributed by atoms with Gasteiger partial charge in [-0.15, -0.1) is 0 Å². The van der Waals surface area contributed by atoms with Gasteiger partial charge in [-0.05, 0) is 12.5 Å². The molecule has 1 aromatic heterocycles. The van der Waals surface area contributed by atoms with E-state index in [2.05, 4.69) is 6.92 Å². The Morgan fingerprint density at radius 3 is 2.82 bits per heavy atom. The zero-order valence-electron chi connectivity index (χ0n) is 9.71. The number of hydrogen-bond donors (Lipinski definition) is 1. The Morgan fingerprint density at radius 2 is 2.18 bits per heavy atom. The number of nitrogens with zero attached hydrogens (tertiary/aromatic N) is 1. The van der Waals surface area contributed by atoms with Gasteiger partial charge in [0.1, 0.15) is 11.0 Å². The first-order valence-electron chi connectivity index (χ1n) is 5.76. The highest BCUT2D eigenvalue weighted by molar-refractivity contribution is 6.32. The summed E-state index contributed by atoms with van der Waals surface area (Å²) in [6, 6.07) is 4.85. The third-order valence-electron chi connectivity index (χ3n) is 2.96. The van der Waals surface area contributed by atoms with Crippen molar-refractivity contribution in [3.63, 3.8) is 0 Å². The molecule has 2 nitrogen and oxygen atoms in total. The molecule has 17 heavy (non-hydrogen) atoms. The first-order valence-corrected chi connectivity index (χ1v) is 6.14. The molecular formula is C13H15ClFNO. The number of unbranched alkanes of at least 4 members (excludes halogenated alkanes) is 1. The highest BCUT2D eigenvalue weighted by atomic mass is 35.5. The van der Waals surface area contributed by atoms with Crippen LogP contribution in [0.15, 0.2) is 18.2 Å². The smallest absolute Gasteiger partial charge is 0.147 e. The van der Waals surface area contributed by atoms with E-state index in [1.54, 1.807) is 16.7 Å². The van der Waals surface area contributed by atoms with Crippen LogP contribution in [-0.4, -0.2) is 9.67 Å². The normalized spacial score (nSPS) is 11.3. The van der Waals surface area contributed by atoms with Crippen molar-refractivity contribution in [1.82, 2.24) is 4.57 Å². The number of benzene rings is 1. The minimum atomic E-state index is -0.291. The van der Waals surface area contributed by atoms with E-state index in [4.69, 9.17) is 11.6 Å². The summed E-state index contributed by atoms with van der Waals surface area (Å²) in [4.78, 5) is 0.